The van der Waals surface area contributed by atoms with Crippen LogP contribution in [0.3, 0.4) is 0 Å². The summed E-state index contributed by atoms with van der Waals surface area (Å²) in [6.45, 7) is 0. The standard InChI is InChI=1S/C17H19N5/c18-16-14-15(12-7-3-1-4-8-12)21-22(17(14)20-11-19-16)13-9-5-2-6-10-13/h1,3-4,7-8,11,13H,2,5-6,9-10H2,(H2,18,19,20). The molecule has 5 nitrogen and oxygen atoms in total. The number of fused-ring (bicyclic) bond motifs is 1. The Morgan fingerprint density at radius 2 is 1.77 bits per heavy atom. The molecule has 1 aliphatic rings. The monoisotopic (exact) mass is 293 g/mol. The van der Waals surface area contributed by atoms with Crippen LogP contribution in [0.5, 0.6) is 0 Å². The van der Waals surface area contributed by atoms with Crippen molar-refractivity contribution in [2.75, 3.05) is 5.73 Å². The third-order valence-electron chi connectivity index (χ3n) is 4.49. The highest BCUT2D eigenvalue weighted by Crippen LogP contribution is 2.35. The zero-order chi connectivity index (χ0) is 14.9. The van der Waals surface area contributed by atoms with E-state index in [9.17, 15) is 0 Å². The predicted molar refractivity (Wildman–Crippen MR) is 87.3 cm³/mol. The molecule has 0 spiro atoms. The molecule has 2 aromatic heterocycles. The predicted octanol–water partition coefficient (Wildman–Crippen LogP) is 3.58. The van der Waals surface area contributed by atoms with Gasteiger partial charge in [0.15, 0.2) is 5.65 Å². The van der Waals surface area contributed by atoms with Gasteiger partial charge in [-0.3, -0.25) is 0 Å². The fourth-order valence-electron chi connectivity index (χ4n) is 3.37. The molecule has 0 amide bonds. The minimum Gasteiger partial charge on any atom is -0.383 e. The second-order valence-electron chi connectivity index (χ2n) is 5.91. The van der Waals surface area contributed by atoms with E-state index in [2.05, 4.69) is 26.8 Å². The molecule has 22 heavy (non-hydrogen) atoms. The van der Waals surface area contributed by atoms with Crippen LogP contribution in [0.4, 0.5) is 5.82 Å². The quantitative estimate of drug-likeness (QED) is 0.784. The van der Waals surface area contributed by atoms with Gasteiger partial charge >= 0.3 is 0 Å². The van der Waals surface area contributed by atoms with E-state index >= 15 is 0 Å². The highest BCUT2D eigenvalue weighted by molar-refractivity contribution is 5.98. The Hall–Kier alpha value is -2.43. The lowest BCUT2D eigenvalue weighted by molar-refractivity contribution is 0.336. The van der Waals surface area contributed by atoms with Crippen molar-refractivity contribution in [3.8, 4) is 11.3 Å². The van der Waals surface area contributed by atoms with Crippen LogP contribution in [0.1, 0.15) is 38.1 Å². The fraction of sp³-hybridized carbons (Fsp3) is 0.353. The molecule has 2 heterocycles. The van der Waals surface area contributed by atoms with Crippen molar-refractivity contribution in [1.29, 1.82) is 0 Å². The van der Waals surface area contributed by atoms with Gasteiger partial charge in [-0.1, -0.05) is 49.6 Å². The van der Waals surface area contributed by atoms with E-state index in [1.54, 1.807) is 0 Å². The molecule has 0 radical (unpaired) electrons. The van der Waals surface area contributed by atoms with Crippen molar-refractivity contribution in [2.45, 2.75) is 38.1 Å². The van der Waals surface area contributed by atoms with Crippen molar-refractivity contribution in [3.05, 3.63) is 36.7 Å². The Morgan fingerprint density at radius 1 is 1.00 bits per heavy atom. The van der Waals surface area contributed by atoms with Crippen LogP contribution >= 0.6 is 0 Å². The lowest BCUT2D eigenvalue weighted by atomic mass is 9.96. The van der Waals surface area contributed by atoms with E-state index in [1.165, 1.54) is 25.6 Å². The van der Waals surface area contributed by atoms with Gasteiger partial charge in [0.25, 0.3) is 0 Å². The first-order chi connectivity index (χ1) is 10.8. The van der Waals surface area contributed by atoms with Gasteiger partial charge in [-0.2, -0.15) is 5.10 Å². The Morgan fingerprint density at radius 3 is 2.55 bits per heavy atom. The molecule has 0 unspecified atom stereocenters. The minimum atomic E-state index is 0.419. The lowest BCUT2D eigenvalue weighted by Crippen LogP contribution is -2.14. The first-order valence-corrected chi connectivity index (χ1v) is 7.88. The second kappa shape index (κ2) is 5.40. The van der Waals surface area contributed by atoms with Crippen LogP contribution in [0.15, 0.2) is 36.7 Å². The molecule has 1 fully saturated rings. The van der Waals surface area contributed by atoms with Crippen molar-refractivity contribution < 1.29 is 0 Å². The summed E-state index contributed by atoms with van der Waals surface area (Å²) < 4.78 is 2.08. The van der Waals surface area contributed by atoms with Gasteiger partial charge in [0.05, 0.1) is 11.4 Å². The molecule has 1 saturated carbocycles. The van der Waals surface area contributed by atoms with Gasteiger partial charge < -0.3 is 5.73 Å². The van der Waals surface area contributed by atoms with Crippen LogP contribution in [0.25, 0.3) is 22.3 Å². The Bertz CT molecular complexity index is 787. The van der Waals surface area contributed by atoms with Gasteiger partial charge in [-0.05, 0) is 12.8 Å². The fourth-order valence-corrected chi connectivity index (χ4v) is 3.37. The third-order valence-corrected chi connectivity index (χ3v) is 4.49. The number of anilines is 1. The van der Waals surface area contributed by atoms with E-state index in [4.69, 9.17) is 10.8 Å². The maximum absolute atomic E-state index is 6.13. The van der Waals surface area contributed by atoms with Crippen LogP contribution in [0.2, 0.25) is 0 Å². The maximum atomic E-state index is 6.13. The zero-order valence-corrected chi connectivity index (χ0v) is 12.4. The first kappa shape index (κ1) is 13.2. The molecule has 0 aliphatic heterocycles. The molecule has 112 valence electrons. The molecule has 2 N–H and O–H groups in total. The summed E-state index contributed by atoms with van der Waals surface area (Å²) in [6.07, 6.45) is 7.69. The summed E-state index contributed by atoms with van der Waals surface area (Å²) in [5.74, 6) is 0.505. The van der Waals surface area contributed by atoms with Crippen LogP contribution in [0, 0.1) is 0 Å². The minimum absolute atomic E-state index is 0.419. The van der Waals surface area contributed by atoms with Crippen molar-refractivity contribution in [3.63, 3.8) is 0 Å². The molecular weight excluding hydrogens is 274 g/mol. The van der Waals surface area contributed by atoms with Gasteiger partial charge in [-0.25, -0.2) is 14.6 Å². The van der Waals surface area contributed by atoms with E-state index in [1.807, 2.05) is 18.2 Å². The summed E-state index contributed by atoms with van der Waals surface area (Å²) in [5, 5.41) is 5.75. The van der Waals surface area contributed by atoms with Crippen LogP contribution in [-0.2, 0) is 0 Å². The molecular formula is C17H19N5. The van der Waals surface area contributed by atoms with Gasteiger partial charge in [0, 0.05) is 5.56 Å². The summed E-state index contributed by atoms with van der Waals surface area (Å²) >= 11 is 0. The van der Waals surface area contributed by atoms with Gasteiger partial charge in [0.1, 0.15) is 17.8 Å². The summed E-state index contributed by atoms with van der Waals surface area (Å²) in [7, 11) is 0. The van der Waals surface area contributed by atoms with Crippen LogP contribution in [-0.4, -0.2) is 19.7 Å². The largest absolute Gasteiger partial charge is 0.383 e. The van der Waals surface area contributed by atoms with E-state index < -0.39 is 0 Å². The SMILES string of the molecule is Nc1ncnc2c1c(-c1ccccc1)nn2C1CCCCC1. The molecule has 0 atom stereocenters. The molecule has 0 bridgehead atoms. The summed E-state index contributed by atoms with van der Waals surface area (Å²) in [6, 6.07) is 10.6. The van der Waals surface area contributed by atoms with Crippen molar-refractivity contribution in [1.82, 2.24) is 19.7 Å². The highest BCUT2D eigenvalue weighted by atomic mass is 15.3. The van der Waals surface area contributed by atoms with Gasteiger partial charge in [0.2, 0.25) is 0 Å². The van der Waals surface area contributed by atoms with Crippen molar-refractivity contribution >= 4 is 16.9 Å². The Kier molecular flexibility index (Phi) is 3.25. The van der Waals surface area contributed by atoms with E-state index in [0.29, 0.717) is 11.9 Å². The van der Waals surface area contributed by atoms with E-state index in [0.717, 1.165) is 35.1 Å². The van der Waals surface area contributed by atoms with Crippen molar-refractivity contribution in [2.24, 2.45) is 0 Å². The Labute approximate surface area is 129 Å². The molecule has 5 heteroatoms. The first-order valence-electron chi connectivity index (χ1n) is 7.88. The average molecular weight is 293 g/mol. The lowest BCUT2D eigenvalue weighted by Gasteiger charge is -2.22. The molecule has 4 rings (SSSR count). The highest BCUT2D eigenvalue weighted by Gasteiger charge is 2.23. The summed E-state index contributed by atoms with van der Waals surface area (Å²) in [4.78, 5) is 8.64. The number of aromatic nitrogens is 4. The maximum Gasteiger partial charge on any atom is 0.164 e. The molecule has 0 saturated heterocycles. The Balaban J connectivity index is 1.93. The molecule has 1 aliphatic carbocycles. The number of hydrogen-bond acceptors (Lipinski definition) is 4. The number of nitrogens with two attached hydrogens (primary N) is 1. The number of rotatable bonds is 2. The van der Waals surface area contributed by atoms with Gasteiger partial charge in [-0.15, -0.1) is 0 Å². The topological polar surface area (TPSA) is 69.6 Å². The number of nitrogens with zero attached hydrogens (tertiary/aromatic N) is 4. The molecule has 3 aromatic rings. The molecule has 1 aromatic carbocycles. The average Bonchev–Trinajstić information content (AvgIpc) is 2.98. The normalized spacial score (nSPS) is 16.2. The van der Waals surface area contributed by atoms with E-state index in [-0.39, 0.29) is 0 Å². The van der Waals surface area contributed by atoms with Crippen LogP contribution < -0.4 is 5.73 Å². The zero-order valence-electron chi connectivity index (χ0n) is 12.4. The second-order valence-corrected chi connectivity index (χ2v) is 5.91. The third kappa shape index (κ3) is 2.13. The number of hydrogen-bond donors (Lipinski definition) is 1. The number of benzene rings is 1. The number of nitrogen functional groups attached to an aromatic ring is 1. The summed E-state index contributed by atoms with van der Waals surface area (Å²) in [5.41, 5.74) is 8.94. The smallest absolute Gasteiger partial charge is 0.164 e.